The molecule has 1 saturated heterocycles. The van der Waals surface area contributed by atoms with E-state index in [1.807, 2.05) is 60.7 Å². The Morgan fingerprint density at radius 3 is 1.29 bits per heavy atom. The van der Waals surface area contributed by atoms with Crippen LogP contribution in [0.5, 0.6) is 0 Å². The normalized spacial score (nSPS) is 19.1. The molecule has 1 aliphatic rings. The maximum Gasteiger partial charge on any atom is 0.0916 e. The summed E-state index contributed by atoms with van der Waals surface area (Å²) >= 11 is 0. The van der Waals surface area contributed by atoms with Gasteiger partial charge < -0.3 is 10.2 Å². The zero-order valence-corrected chi connectivity index (χ0v) is 14.0. The Kier molecular flexibility index (Phi) is 5.99. The Bertz CT molecular complexity index is 542. The van der Waals surface area contributed by atoms with Gasteiger partial charge in [0.25, 0.3) is 0 Å². The molecule has 1 fully saturated rings. The predicted molar refractivity (Wildman–Crippen MR) is 95.7 cm³/mol. The van der Waals surface area contributed by atoms with E-state index in [1.165, 1.54) is 0 Å². The van der Waals surface area contributed by atoms with Gasteiger partial charge in [-0.15, -0.1) is 0 Å². The Labute approximate surface area is 144 Å². The number of hydrogen-bond acceptors (Lipinski definition) is 4. The zero-order valence-electron chi connectivity index (χ0n) is 14.0. The van der Waals surface area contributed by atoms with Crippen molar-refractivity contribution in [3.63, 3.8) is 0 Å². The van der Waals surface area contributed by atoms with Crippen molar-refractivity contribution in [1.82, 2.24) is 9.80 Å². The van der Waals surface area contributed by atoms with Crippen LogP contribution < -0.4 is 0 Å². The lowest BCUT2D eigenvalue weighted by Gasteiger charge is -2.36. The molecule has 1 heterocycles. The van der Waals surface area contributed by atoms with E-state index in [2.05, 4.69) is 9.80 Å². The summed E-state index contributed by atoms with van der Waals surface area (Å²) in [5.74, 6) is 0. The van der Waals surface area contributed by atoms with Crippen LogP contribution in [0.25, 0.3) is 0 Å². The van der Waals surface area contributed by atoms with Crippen LogP contribution in [0.4, 0.5) is 0 Å². The quantitative estimate of drug-likeness (QED) is 0.853. The van der Waals surface area contributed by atoms with Crippen molar-refractivity contribution in [2.24, 2.45) is 0 Å². The second-order valence-electron chi connectivity index (χ2n) is 6.45. The van der Waals surface area contributed by atoms with Crippen molar-refractivity contribution in [2.75, 3.05) is 39.3 Å². The van der Waals surface area contributed by atoms with Gasteiger partial charge in [-0.25, -0.2) is 0 Å². The minimum atomic E-state index is -0.437. The van der Waals surface area contributed by atoms with Crippen LogP contribution >= 0.6 is 0 Å². The molecular weight excluding hydrogens is 300 g/mol. The summed E-state index contributed by atoms with van der Waals surface area (Å²) in [5.41, 5.74) is 1.94. The standard InChI is InChI=1S/C20H26N2O2/c23-19(17-7-3-1-4-8-17)15-21-11-13-22(14-12-21)16-20(24)18-9-5-2-6-10-18/h1-10,19-20,23-24H,11-16H2/t19-,20+. The highest BCUT2D eigenvalue weighted by Gasteiger charge is 2.21. The van der Waals surface area contributed by atoms with Crippen molar-refractivity contribution in [2.45, 2.75) is 12.2 Å². The second kappa shape index (κ2) is 8.40. The van der Waals surface area contributed by atoms with E-state index >= 15 is 0 Å². The molecule has 128 valence electrons. The second-order valence-corrected chi connectivity index (χ2v) is 6.45. The first-order chi connectivity index (χ1) is 11.7. The Morgan fingerprint density at radius 2 is 0.958 bits per heavy atom. The van der Waals surface area contributed by atoms with Crippen molar-refractivity contribution >= 4 is 0 Å². The van der Waals surface area contributed by atoms with Crippen LogP contribution in [0, 0.1) is 0 Å². The maximum atomic E-state index is 10.3. The molecule has 4 nitrogen and oxygen atoms in total. The average Bonchev–Trinajstić information content (AvgIpc) is 2.65. The molecule has 2 atom stereocenters. The lowest BCUT2D eigenvalue weighted by Crippen LogP contribution is -2.48. The predicted octanol–water partition coefficient (Wildman–Crippen LogP) is 2.07. The van der Waals surface area contributed by atoms with Gasteiger partial charge in [-0.05, 0) is 11.1 Å². The average molecular weight is 326 g/mol. The van der Waals surface area contributed by atoms with Gasteiger partial charge in [0.2, 0.25) is 0 Å². The molecule has 4 heteroatoms. The number of piperazine rings is 1. The van der Waals surface area contributed by atoms with Crippen molar-refractivity contribution in [1.29, 1.82) is 0 Å². The monoisotopic (exact) mass is 326 g/mol. The minimum Gasteiger partial charge on any atom is -0.387 e. The van der Waals surface area contributed by atoms with Gasteiger partial charge in [-0.3, -0.25) is 9.80 Å². The fourth-order valence-electron chi connectivity index (χ4n) is 3.20. The summed E-state index contributed by atoms with van der Waals surface area (Å²) in [6, 6.07) is 19.6. The number of benzene rings is 2. The summed E-state index contributed by atoms with van der Waals surface area (Å²) in [5, 5.41) is 20.7. The third-order valence-corrected chi connectivity index (χ3v) is 4.70. The van der Waals surface area contributed by atoms with Crippen LogP contribution in [0.1, 0.15) is 23.3 Å². The SMILES string of the molecule is O[C@H](CN1CCN(C[C@H](O)c2ccccc2)CC1)c1ccccc1. The molecule has 0 amide bonds. The maximum absolute atomic E-state index is 10.3. The molecule has 0 aromatic heterocycles. The third kappa shape index (κ3) is 4.65. The highest BCUT2D eigenvalue weighted by Crippen LogP contribution is 2.17. The largest absolute Gasteiger partial charge is 0.387 e. The van der Waals surface area contributed by atoms with Crippen LogP contribution in [0.2, 0.25) is 0 Å². The summed E-state index contributed by atoms with van der Waals surface area (Å²) in [6.45, 7) is 5.02. The van der Waals surface area contributed by atoms with Crippen molar-refractivity contribution < 1.29 is 10.2 Å². The molecule has 0 aliphatic carbocycles. The molecule has 1 aliphatic heterocycles. The summed E-state index contributed by atoms with van der Waals surface area (Å²) in [6.07, 6.45) is -0.875. The number of hydrogen-bond donors (Lipinski definition) is 2. The molecule has 0 spiro atoms. The summed E-state index contributed by atoms with van der Waals surface area (Å²) < 4.78 is 0. The van der Waals surface area contributed by atoms with E-state index in [9.17, 15) is 10.2 Å². The van der Waals surface area contributed by atoms with Gasteiger partial charge in [0, 0.05) is 39.3 Å². The Hall–Kier alpha value is -1.72. The molecule has 3 rings (SSSR count). The van der Waals surface area contributed by atoms with E-state index in [1.54, 1.807) is 0 Å². The molecule has 0 saturated carbocycles. The molecule has 24 heavy (non-hydrogen) atoms. The Balaban J connectivity index is 1.44. The van der Waals surface area contributed by atoms with E-state index < -0.39 is 12.2 Å². The highest BCUT2D eigenvalue weighted by atomic mass is 16.3. The van der Waals surface area contributed by atoms with Gasteiger partial charge in [-0.1, -0.05) is 60.7 Å². The fraction of sp³-hybridized carbons (Fsp3) is 0.400. The smallest absolute Gasteiger partial charge is 0.0916 e. The molecule has 2 aromatic rings. The Morgan fingerprint density at radius 1 is 0.625 bits per heavy atom. The number of aliphatic hydroxyl groups excluding tert-OH is 2. The summed E-state index contributed by atoms with van der Waals surface area (Å²) in [7, 11) is 0. The van der Waals surface area contributed by atoms with E-state index in [-0.39, 0.29) is 0 Å². The van der Waals surface area contributed by atoms with Crippen LogP contribution in [0.3, 0.4) is 0 Å². The number of nitrogens with zero attached hydrogens (tertiary/aromatic N) is 2. The lowest BCUT2D eigenvalue weighted by molar-refractivity contribution is 0.0482. The first kappa shape index (κ1) is 17.1. The van der Waals surface area contributed by atoms with Gasteiger partial charge in [0.15, 0.2) is 0 Å². The molecule has 0 unspecified atom stereocenters. The van der Waals surface area contributed by atoms with Crippen LogP contribution in [0.15, 0.2) is 60.7 Å². The van der Waals surface area contributed by atoms with Gasteiger partial charge in [-0.2, -0.15) is 0 Å². The molecule has 2 aromatic carbocycles. The molecule has 0 bridgehead atoms. The topological polar surface area (TPSA) is 46.9 Å². The van der Waals surface area contributed by atoms with E-state index in [0.717, 1.165) is 37.3 Å². The van der Waals surface area contributed by atoms with Crippen molar-refractivity contribution in [3.05, 3.63) is 71.8 Å². The van der Waals surface area contributed by atoms with E-state index in [0.29, 0.717) is 13.1 Å². The molecular formula is C20H26N2O2. The lowest BCUT2D eigenvalue weighted by atomic mass is 10.1. The highest BCUT2D eigenvalue weighted by molar-refractivity contribution is 5.18. The fourth-order valence-corrected chi connectivity index (χ4v) is 3.20. The first-order valence-electron chi connectivity index (χ1n) is 8.63. The van der Waals surface area contributed by atoms with Gasteiger partial charge in [0.1, 0.15) is 0 Å². The third-order valence-electron chi connectivity index (χ3n) is 4.70. The number of aliphatic hydroxyl groups is 2. The van der Waals surface area contributed by atoms with Crippen LogP contribution in [-0.4, -0.2) is 59.3 Å². The molecule has 2 N–H and O–H groups in total. The van der Waals surface area contributed by atoms with Gasteiger partial charge in [0.05, 0.1) is 12.2 Å². The number of rotatable bonds is 6. The van der Waals surface area contributed by atoms with Gasteiger partial charge >= 0.3 is 0 Å². The van der Waals surface area contributed by atoms with Crippen LogP contribution in [-0.2, 0) is 0 Å². The number of β-amino-alcohol motifs (C(OH)–C–C–N with tert-alkyl or cyclic N) is 2. The van der Waals surface area contributed by atoms with Crippen molar-refractivity contribution in [3.8, 4) is 0 Å². The molecule has 0 radical (unpaired) electrons. The van der Waals surface area contributed by atoms with E-state index in [4.69, 9.17) is 0 Å². The summed E-state index contributed by atoms with van der Waals surface area (Å²) in [4.78, 5) is 4.59. The zero-order chi connectivity index (χ0) is 16.8. The minimum absolute atomic E-state index is 0.437. The first-order valence-corrected chi connectivity index (χ1v) is 8.63.